The Kier molecular flexibility index (Phi) is 4.10. The van der Waals surface area contributed by atoms with E-state index >= 15 is 0 Å². The van der Waals surface area contributed by atoms with Crippen LogP contribution >= 0.6 is 0 Å². The zero-order chi connectivity index (χ0) is 16.2. The zero-order valence-electron chi connectivity index (χ0n) is 13.2. The summed E-state index contributed by atoms with van der Waals surface area (Å²) < 4.78 is 0. The van der Waals surface area contributed by atoms with E-state index in [1.807, 2.05) is 62.4 Å². The lowest BCUT2D eigenvalue weighted by atomic mass is 10.2. The highest BCUT2D eigenvalue weighted by atomic mass is 15.1. The molecule has 116 valence electrons. The third-order valence-corrected chi connectivity index (χ3v) is 3.68. The van der Waals surface area contributed by atoms with E-state index in [2.05, 4.69) is 20.6 Å². The van der Waals surface area contributed by atoms with E-state index in [1.165, 1.54) is 6.33 Å². The van der Waals surface area contributed by atoms with Gasteiger partial charge in [0.2, 0.25) is 0 Å². The number of nitrogens with zero attached hydrogens (tertiary/aromatic N) is 2. The van der Waals surface area contributed by atoms with Gasteiger partial charge in [-0.1, -0.05) is 36.4 Å². The van der Waals surface area contributed by atoms with Crippen molar-refractivity contribution in [1.82, 2.24) is 9.97 Å². The molecule has 1 aromatic heterocycles. The Morgan fingerprint density at radius 3 is 1.61 bits per heavy atom. The quantitative estimate of drug-likeness (QED) is 0.674. The predicted octanol–water partition coefficient (Wildman–Crippen LogP) is 4.16. The summed E-state index contributed by atoms with van der Waals surface area (Å²) in [5, 5.41) is 6.53. The fourth-order valence-electron chi connectivity index (χ4n) is 2.28. The van der Waals surface area contributed by atoms with Gasteiger partial charge in [0.1, 0.15) is 12.0 Å². The maximum atomic E-state index is 6.23. The van der Waals surface area contributed by atoms with Gasteiger partial charge in [0.25, 0.3) is 0 Å². The first-order valence-electron chi connectivity index (χ1n) is 7.41. The fraction of sp³-hybridized carbons (Fsp3) is 0.111. The van der Waals surface area contributed by atoms with Gasteiger partial charge in [0.05, 0.1) is 0 Å². The standard InChI is InChI=1S/C18H19N5/c1-12-7-3-5-9-14(12)22-17-16(19)18(21-11-20-17)23-15-10-6-4-8-13(15)2/h3-11H,19H2,1-2H3,(H2,20,21,22,23). The number of para-hydroxylation sites is 2. The van der Waals surface area contributed by atoms with Crippen molar-refractivity contribution in [2.24, 2.45) is 0 Å². The van der Waals surface area contributed by atoms with Crippen LogP contribution in [0.4, 0.5) is 28.7 Å². The van der Waals surface area contributed by atoms with Crippen molar-refractivity contribution < 1.29 is 0 Å². The Bertz CT molecular complexity index is 763. The summed E-state index contributed by atoms with van der Waals surface area (Å²) in [5.41, 5.74) is 10.9. The molecule has 0 fully saturated rings. The van der Waals surface area contributed by atoms with Gasteiger partial charge in [-0.3, -0.25) is 0 Å². The molecule has 0 spiro atoms. The molecule has 0 unspecified atom stereocenters. The molecule has 1 heterocycles. The number of nitrogens with one attached hydrogen (secondary N) is 2. The van der Waals surface area contributed by atoms with Crippen LogP contribution in [0.25, 0.3) is 0 Å². The lowest BCUT2D eigenvalue weighted by molar-refractivity contribution is 1.17. The molecule has 0 saturated heterocycles. The summed E-state index contributed by atoms with van der Waals surface area (Å²) in [6, 6.07) is 16.0. The van der Waals surface area contributed by atoms with Crippen molar-refractivity contribution in [3.63, 3.8) is 0 Å². The van der Waals surface area contributed by atoms with Crippen molar-refractivity contribution in [3.8, 4) is 0 Å². The Morgan fingerprint density at radius 2 is 1.17 bits per heavy atom. The topological polar surface area (TPSA) is 75.9 Å². The third kappa shape index (κ3) is 3.23. The maximum absolute atomic E-state index is 6.23. The molecule has 0 saturated carbocycles. The molecular formula is C18H19N5. The summed E-state index contributed by atoms with van der Waals surface area (Å²) in [6.07, 6.45) is 1.50. The van der Waals surface area contributed by atoms with E-state index in [9.17, 15) is 0 Å². The lowest BCUT2D eigenvalue weighted by Crippen LogP contribution is -2.06. The number of aryl methyl sites for hydroxylation is 2. The average Bonchev–Trinajstić information content (AvgIpc) is 2.55. The molecule has 0 aliphatic rings. The van der Waals surface area contributed by atoms with Crippen LogP contribution in [0.5, 0.6) is 0 Å². The SMILES string of the molecule is Cc1ccccc1Nc1ncnc(Nc2ccccc2C)c1N. The van der Waals surface area contributed by atoms with E-state index in [-0.39, 0.29) is 0 Å². The highest BCUT2D eigenvalue weighted by Crippen LogP contribution is 2.29. The molecule has 2 aromatic carbocycles. The molecule has 0 amide bonds. The van der Waals surface area contributed by atoms with Gasteiger partial charge >= 0.3 is 0 Å². The van der Waals surface area contributed by atoms with Crippen molar-refractivity contribution in [2.45, 2.75) is 13.8 Å². The minimum Gasteiger partial charge on any atom is -0.393 e. The van der Waals surface area contributed by atoms with Crippen LogP contribution in [0.3, 0.4) is 0 Å². The van der Waals surface area contributed by atoms with Gasteiger partial charge in [-0.25, -0.2) is 9.97 Å². The molecule has 0 aliphatic heterocycles. The normalized spacial score (nSPS) is 10.3. The minimum absolute atomic E-state index is 0.485. The summed E-state index contributed by atoms with van der Waals surface area (Å²) in [6.45, 7) is 4.07. The van der Waals surface area contributed by atoms with Crippen LogP contribution in [0.15, 0.2) is 54.9 Å². The Labute approximate surface area is 135 Å². The fourth-order valence-corrected chi connectivity index (χ4v) is 2.28. The number of hydrogen-bond donors (Lipinski definition) is 3. The first-order chi connectivity index (χ1) is 11.1. The molecular weight excluding hydrogens is 286 g/mol. The number of hydrogen-bond acceptors (Lipinski definition) is 5. The molecule has 0 aliphatic carbocycles. The minimum atomic E-state index is 0.485. The second-order valence-electron chi connectivity index (χ2n) is 5.36. The van der Waals surface area contributed by atoms with Gasteiger partial charge in [-0.15, -0.1) is 0 Å². The summed E-state index contributed by atoms with van der Waals surface area (Å²) in [7, 11) is 0. The van der Waals surface area contributed by atoms with Crippen LogP contribution < -0.4 is 16.4 Å². The maximum Gasteiger partial charge on any atom is 0.159 e. The van der Waals surface area contributed by atoms with Gasteiger partial charge in [0.15, 0.2) is 11.6 Å². The van der Waals surface area contributed by atoms with E-state index in [4.69, 9.17) is 5.73 Å². The molecule has 5 nitrogen and oxygen atoms in total. The van der Waals surface area contributed by atoms with Crippen LogP contribution in [0.1, 0.15) is 11.1 Å². The van der Waals surface area contributed by atoms with Gasteiger partial charge in [0, 0.05) is 11.4 Å². The number of rotatable bonds is 4. The lowest BCUT2D eigenvalue weighted by Gasteiger charge is -2.14. The molecule has 0 atom stereocenters. The Morgan fingerprint density at radius 1 is 0.739 bits per heavy atom. The van der Waals surface area contributed by atoms with Crippen LogP contribution in [-0.4, -0.2) is 9.97 Å². The van der Waals surface area contributed by atoms with E-state index in [1.54, 1.807) is 0 Å². The summed E-state index contributed by atoms with van der Waals surface area (Å²) in [4.78, 5) is 8.50. The second kappa shape index (κ2) is 6.36. The largest absolute Gasteiger partial charge is 0.393 e. The first kappa shape index (κ1) is 14.8. The van der Waals surface area contributed by atoms with Gasteiger partial charge in [-0.2, -0.15) is 0 Å². The number of benzene rings is 2. The molecule has 0 bridgehead atoms. The van der Waals surface area contributed by atoms with Crippen molar-refractivity contribution in [1.29, 1.82) is 0 Å². The van der Waals surface area contributed by atoms with Crippen molar-refractivity contribution >= 4 is 28.7 Å². The van der Waals surface area contributed by atoms with Crippen molar-refractivity contribution in [2.75, 3.05) is 16.4 Å². The molecule has 0 radical (unpaired) electrons. The van der Waals surface area contributed by atoms with Crippen molar-refractivity contribution in [3.05, 3.63) is 66.0 Å². The van der Waals surface area contributed by atoms with Crippen LogP contribution in [-0.2, 0) is 0 Å². The molecule has 23 heavy (non-hydrogen) atoms. The highest BCUT2D eigenvalue weighted by Gasteiger charge is 2.10. The molecule has 3 aromatic rings. The summed E-state index contributed by atoms with van der Waals surface area (Å²) >= 11 is 0. The van der Waals surface area contributed by atoms with Crippen LogP contribution in [0, 0.1) is 13.8 Å². The summed E-state index contributed by atoms with van der Waals surface area (Å²) in [5.74, 6) is 1.18. The van der Waals surface area contributed by atoms with Gasteiger partial charge in [-0.05, 0) is 37.1 Å². The Balaban J connectivity index is 1.90. The Hall–Kier alpha value is -3.08. The molecule has 5 heteroatoms. The van der Waals surface area contributed by atoms with Gasteiger partial charge < -0.3 is 16.4 Å². The van der Waals surface area contributed by atoms with E-state index < -0.39 is 0 Å². The zero-order valence-corrected chi connectivity index (χ0v) is 13.2. The number of nitrogen functional groups attached to an aromatic ring is 1. The first-order valence-corrected chi connectivity index (χ1v) is 7.41. The number of anilines is 5. The van der Waals surface area contributed by atoms with E-state index in [0.717, 1.165) is 22.5 Å². The average molecular weight is 305 g/mol. The highest BCUT2D eigenvalue weighted by molar-refractivity contribution is 5.81. The third-order valence-electron chi connectivity index (χ3n) is 3.68. The second-order valence-corrected chi connectivity index (χ2v) is 5.36. The molecule has 3 rings (SSSR count). The number of nitrogens with two attached hydrogens (primary N) is 1. The molecule has 4 N–H and O–H groups in total. The van der Waals surface area contributed by atoms with E-state index in [0.29, 0.717) is 17.3 Å². The van der Waals surface area contributed by atoms with Crippen LogP contribution in [0.2, 0.25) is 0 Å². The monoisotopic (exact) mass is 305 g/mol. The predicted molar refractivity (Wildman–Crippen MR) is 95.4 cm³/mol. The number of aromatic nitrogens is 2. The smallest absolute Gasteiger partial charge is 0.159 e.